The number of H-pyrrole nitrogens is 2. The highest BCUT2D eigenvalue weighted by Crippen LogP contribution is 2.34. The Morgan fingerprint density at radius 3 is 2.63 bits per heavy atom. The van der Waals surface area contributed by atoms with E-state index >= 15 is 0 Å². The molecular weight excluding hydrogens is 470 g/mol. The molecule has 0 amide bonds. The molecule has 0 spiro atoms. The van der Waals surface area contributed by atoms with Crippen molar-refractivity contribution >= 4 is 38.4 Å². The van der Waals surface area contributed by atoms with Crippen molar-refractivity contribution in [2.24, 2.45) is 0 Å². The van der Waals surface area contributed by atoms with Crippen molar-refractivity contribution in [1.29, 1.82) is 0 Å². The van der Waals surface area contributed by atoms with Gasteiger partial charge in [0, 0.05) is 31.7 Å². The number of aromatic amines is 2. The standard InChI is InChI=1S/C22H25N9O3S/c1-14-27-19(20-22(28-14)26-13-25-20)17-10-16(30-6-8-31(9-7-30)35(3,32)33)12-24-21(17)29-15-4-5-18(34-2)23-11-15/h4-5,10-13H,6-9H2,1-3H3,(H,24,29)(H,25,26,27,28)/p+1. The first-order chi connectivity index (χ1) is 16.8. The number of nitrogens with zero attached hydrogens (tertiary/aromatic N) is 6. The Bertz CT molecular complexity index is 1460. The molecule has 0 aliphatic carbocycles. The van der Waals surface area contributed by atoms with Gasteiger partial charge in [0.1, 0.15) is 28.5 Å². The molecule has 1 fully saturated rings. The summed E-state index contributed by atoms with van der Waals surface area (Å²) in [6, 6.07) is 5.72. The van der Waals surface area contributed by atoms with Crippen LogP contribution in [0.4, 0.5) is 17.2 Å². The predicted molar refractivity (Wildman–Crippen MR) is 131 cm³/mol. The number of nitrogens with one attached hydrogen (secondary N) is 3. The molecule has 12 nitrogen and oxygen atoms in total. The Kier molecular flexibility index (Phi) is 5.94. The van der Waals surface area contributed by atoms with Crippen molar-refractivity contribution in [3.63, 3.8) is 0 Å². The summed E-state index contributed by atoms with van der Waals surface area (Å²) in [5.74, 6) is 1.84. The number of rotatable bonds is 6. The van der Waals surface area contributed by atoms with Crippen LogP contribution in [0.2, 0.25) is 0 Å². The van der Waals surface area contributed by atoms with Crippen molar-refractivity contribution in [1.82, 2.24) is 29.2 Å². The number of ether oxygens (including phenoxy) is 1. The Morgan fingerprint density at radius 2 is 1.94 bits per heavy atom. The van der Waals surface area contributed by atoms with Crippen LogP contribution in [0.15, 0.2) is 36.9 Å². The van der Waals surface area contributed by atoms with Crippen LogP contribution in [0.3, 0.4) is 0 Å². The molecule has 0 aromatic carbocycles. The Hall–Kier alpha value is -3.84. The minimum Gasteiger partial charge on any atom is -0.448 e. The van der Waals surface area contributed by atoms with Gasteiger partial charge in [-0.05, 0) is 19.1 Å². The lowest BCUT2D eigenvalue weighted by Crippen LogP contribution is -2.48. The topological polar surface area (TPSA) is 143 Å². The molecule has 0 unspecified atom stereocenters. The highest BCUT2D eigenvalue weighted by Gasteiger charge is 2.25. The summed E-state index contributed by atoms with van der Waals surface area (Å²) in [4.78, 5) is 26.5. The number of fused-ring (bicyclic) bond motifs is 1. The van der Waals surface area contributed by atoms with E-state index in [-0.39, 0.29) is 0 Å². The molecule has 1 aliphatic heterocycles. The van der Waals surface area contributed by atoms with E-state index in [4.69, 9.17) is 14.7 Å². The minimum atomic E-state index is -3.21. The van der Waals surface area contributed by atoms with Crippen LogP contribution in [0.25, 0.3) is 22.4 Å². The maximum absolute atomic E-state index is 11.9. The quantitative estimate of drug-likeness (QED) is 0.404. The summed E-state index contributed by atoms with van der Waals surface area (Å²) in [5.41, 5.74) is 4.39. The van der Waals surface area contributed by atoms with Crippen LogP contribution < -0.4 is 19.9 Å². The zero-order valence-corrected chi connectivity index (χ0v) is 20.4. The highest BCUT2D eigenvalue weighted by molar-refractivity contribution is 7.88. The van der Waals surface area contributed by atoms with Crippen LogP contribution >= 0.6 is 0 Å². The second-order valence-electron chi connectivity index (χ2n) is 8.23. The zero-order chi connectivity index (χ0) is 24.6. The third-order valence-electron chi connectivity index (χ3n) is 5.87. The fourth-order valence-corrected chi connectivity index (χ4v) is 4.90. The van der Waals surface area contributed by atoms with Gasteiger partial charge in [0.25, 0.3) is 0 Å². The minimum absolute atomic E-state index is 0.424. The van der Waals surface area contributed by atoms with Crippen LogP contribution in [-0.4, -0.2) is 77.2 Å². The van der Waals surface area contributed by atoms with Gasteiger partial charge in [0.2, 0.25) is 10.0 Å². The molecule has 4 aromatic heterocycles. The monoisotopic (exact) mass is 496 g/mol. The van der Waals surface area contributed by atoms with Crippen LogP contribution in [0.5, 0.6) is 5.88 Å². The van der Waals surface area contributed by atoms with Gasteiger partial charge in [0.05, 0.1) is 37.6 Å². The van der Waals surface area contributed by atoms with Gasteiger partial charge in [0.15, 0.2) is 11.8 Å². The Morgan fingerprint density at radius 1 is 1.14 bits per heavy atom. The molecule has 5 rings (SSSR count). The van der Waals surface area contributed by atoms with E-state index < -0.39 is 10.0 Å². The fourth-order valence-electron chi connectivity index (χ4n) is 4.07. The van der Waals surface area contributed by atoms with E-state index in [1.165, 1.54) is 10.6 Å². The number of imidazole rings is 1. The number of piperazine rings is 1. The lowest BCUT2D eigenvalue weighted by molar-refractivity contribution is -0.392. The van der Waals surface area contributed by atoms with E-state index in [0.29, 0.717) is 60.6 Å². The van der Waals surface area contributed by atoms with Crippen molar-refractivity contribution in [3.8, 4) is 17.1 Å². The van der Waals surface area contributed by atoms with Gasteiger partial charge in [-0.15, -0.1) is 0 Å². The maximum Gasteiger partial charge on any atom is 0.365 e. The Balaban J connectivity index is 1.55. The molecule has 5 heterocycles. The van der Waals surface area contributed by atoms with E-state index in [9.17, 15) is 8.42 Å². The van der Waals surface area contributed by atoms with Gasteiger partial charge in [-0.3, -0.25) is 0 Å². The van der Waals surface area contributed by atoms with Crippen LogP contribution in [0, 0.1) is 6.92 Å². The number of anilines is 3. The molecule has 35 heavy (non-hydrogen) atoms. The summed E-state index contributed by atoms with van der Waals surface area (Å²) >= 11 is 0. The van der Waals surface area contributed by atoms with E-state index in [1.54, 1.807) is 25.8 Å². The maximum atomic E-state index is 11.9. The smallest absolute Gasteiger partial charge is 0.365 e. The largest absolute Gasteiger partial charge is 0.448 e. The van der Waals surface area contributed by atoms with Crippen molar-refractivity contribution in [2.75, 3.05) is 49.8 Å². The second kappa shape index (κ2) is 9.07. The number of sulfonamides is 1. The molecule has 0 saturated carbocycles. The second-order valence-corrected chi connectivity index (χ2v) is 10.2. The third-order valence-corrected chi connectivity index (χ3v) is 7.17. The number of hydrogen-bond donors (Lipinski definition) is 2. The molecule has 3 N–H and O–H groups in total. The summed E-state index contributed by atoms with van der Waals surface area (Å²) in [6.07, 6.45) is 6.41. The first-order valence-electron chi connectivity index (χ1n) is 11.0. The van der Waals surface area contributed by atoms with E-state index in [2.05, 4.69) is 30.2 Å². The molecular formula is C22H26N9O3S+. The summed E-state index contributed by atoms with van der Waals surface area (Å²) < 4.78 is 30.5. The summed E-state index contributed by atoms with van der Waals surface area (Å²) in [6.45, 7) is 3.80. The molecule has 13 heteroatoms. The lowest BCUT2D eigenvalue weighted by atomic mass is 10.1. The molecule has 0 atom stereocenters. The number of hydrogen-bond acceptors (Lipinski definition) is 9. The third kappa shape index (κ3) is 4.72. The SMILES string of the molecule is COc1ccc(Nc2ncc(N3CCN(S(C)(=O)=O)CC3)cc2-c2nc(C)nc3nc[nH]c23)c[nH+]1. The van der Waals surface area contributed by atoms with Crippen LogP contribution in [0.1, 0.15) is 5.82 Å². The predicted octanol–water partition coefficient (Wildman–Crippen LogP) is 1.37. The van der Waals surface area contributed by atoms with E-state index in [0.717, 1.165) is 16.9 Å². The number of methoxy groups -OCH3 is 1. The first kappa shape index (κ1) is 22.9. The molecule has 4 aromatic rings. The molecule has 1 saturated heterocycles. The summed E-state index contributed by atoms with van der Waals surface area (Å²) in [7, 11) is -1.61. The molecule has 1 aliphatic rings. The van der Waals surface area contributed by atoms with Gasteiger partial charge >= 0.3 is 5.88 Å². The van der Waals surface area contributed by atoms with Gasteiger partial charge in [-0.2, -0.15) is 9.29 Å². The molecule has 0 radical (unpaired) electrons. The average molecular weight is 497 g/mol. The average Bonchev–Trinajstić information content (AvgIpc) is 3.32. The van der Waals surface area contributed by atoms with Gasteiger partial charge in [-0.1, -0.05) is 0 Å². The van der Waals surface area contributed by atoms with Gasteiger partial charge < -0.3 is 19.9 Å². The van der Waals surface area contributed by atoms with Crippen LogP contribution in [-0.2, 0) is 10.0 Å². The number of pyridine rings is 2. The lowest BCUT2D eigenvalue weighted by Gasteiger charge is -2.34. The fraction of sp³-hybridized carbons (Fsp3) is 0.318. The molecule has 182 valence electrons. The first-order valence-corrected chi connectivity index (χ1v) is 12.9. The normalized spacial score (nSPS) is 14.9. The molecule has 0 bridgehead atoms. The van der Waals surface area contributed by atoms with Crippen molar-refractivity contribution in [2.45, 2.75) is 6.92 Å². The van der Waals surface area contributed by atoms with Gasteiger partial charge in [-0.25, -0.2) is 28.4 Å². The van der Waals surface area contributed by atoms with E-state index in [1.807, 2.05) is 25.1 Å². The zero-order valence-electron chi connectivity index (χ0n) is 19.6. The van der Waals surface area contributed by atoms with Crippen molar-refractivity contribution < 1.29 is 18.1 Å². The Labute approximate surface area is 202 Å². The number of aryl methyl sites for hydroxylation is 1. The number of aromatic nitrogens is 6. The summed E-state index contributed by atoms with van der Waals surface area (Å²) in [5, 5.41) is 3.36. The van der Waals surface area contributed by atoms with Crippen molar-refractivity contribution in [3.05, 3.63) is 42.7 Å². The highest BCUT2D eigenvalue weighted by atomic mass is 32.2.